The van der Waals surface area contributed by atoms with Crippen molar-refractivity contribution in [2.24, 2.45) is 0 Å². The predicted molar refractivity (Wildman–Crippen MR) is 72.4 cm³/mol. The van der Waals surface area contributed by atoms with Crippen molar-refractivity contribution in [1.82, 2.24) is 0 Å². The molecule has 0 spiro atoms. The molecule has 0 heterocycles. The minimum absolute atomic E-state index is 1.16. The molecular weight excluding hydrogens is 192 g/mol. The van der Waals surface area contributed by atoms with Gasteiger partial charge in [-0.15, -0.1) is 0 Å². The highest BCUT2D eigenvalue weighted by Gasteiger charge is 1.95. The number of unbranched alkanes of at least 4 members (excludes halogenated alkanes) is 5. The molecular formula is C16H23. The highest BCUT2D eigenvalue weighted by Crippen LogP contribution is 2.11. The number of aryl methyl sites for hydroxylation is 1. The Morgan fingerprint density at radius 2 is 1.94 bits per heavy atom. The van der Waals surface area contributed by atoms with Crippen molar-refractivity contribution in [3.8, 4) is 0 Å². The fraction of sp³-hybridized carbons (Fsp3) is 0.500. The van der Waals surface area contributed by atoms with Crippen molar-refractivity contribution in [3.05, 3.63) is 42.0 Å². The lowest BCUT2D eigenvalue weighted by Gasteiger charge is -2.02. The van der Waals surface area contributed by atoms with E-state index in [1.807, 2.05) is 12.1 Å². The third-order valence-electron chi connectivity index (χ3n) is 2.92. The SMILES string of the molecule is C=Cc1cc[c]c(CCCCCCCC)c1. The van der Waals surface area contributed by atoms with E-state index in [9.17, 15) is 0 Å². The van der Waals surface area contributed by atoms with Gasteiger partial charge in [-0.05, 0) is 30.0 Å². The molecule has 0 saturated carbocycles. The molecule has 1 radical (unpaired) electrons. The summed E-state index contributed by atoms with van der Waals surface area (Å²) in [5.74, 6) is 0. The molecule has 0 N–H and O–H groups in total. The third kappa shape index (κ3) is 5.16. The lowest BCUT2D eigenvalue weighted by Crippen LogP contribution is -1.87. The summed E-state index contributed by atoms with van der Waals surface area (Å²) in [7, 11) is 0. The van der Waals surface area contributed by atoms with Gasteiger partial charge in [0.25, 0.3) is 0 Å². The molecule has 0 nitrogen and oxygen atoms in total. The van der Waals surface area contributed by atoms with Crippen molar-refractivity contribution in [2.45, 2.75) is 51.9 Å². The second-order valence-corrected chi connectivity index (χ2v) is 4.37. The Morgan fingerprint density at radius 3 is 2.69 bits per heavy atom. The van der Waals surface area contributed by atoms with Gasteiger partial charge in [0.2, 0.25) is 0 Å². The Labute approximate surface area is 100 Å². The standard InChI is InChI=1S/C16H23/c1-3-5-6-7-8-9-11-16-13-10-12-15(4-2)14-16/h4,10,12,14H,2-3,5-9,11H2,1H3. The summed E-state index contributed by atoms with van der Waals surface area (Å²) in [6, 6.07) is 9.55. The second kappa shape index (κ2) is 8.15. The summed E-state index contributed by atoms with van der Waals surface area (Å²) < 4.78 is 0. The van der Waals surface area contributed by atoms with E-state index in [4.69, 9.17) is 0 Å². The largest absolute Gasteiger partial charge is 0.0985 e. The van der Waals surface area contributed by atoms with Gasteiger partial charge in [0, 0.05) is 0 Å². The second-order valence-electron chi connectivity index (χ2n) is 4.37. The lowest BCUT2D eigenvalue weighted by molar-refractivity contribution is 0.607. The van der Waals surface area contributed by atoms with Crippen LogP contribution in [0.2, 0.25) is 0 Å². The molecule has 0 aliphatic carbocycles. The quantitative estimate of drug-likeness (QED) is 0.533. The van der Waals surface area contributed by atoms with Crippen LogP contribution < -0.4 is 0 Å². The zero-order chi connectivity index (χ0) is 11.6. The summed E-state index contributed by atoms with van der Waals surface area (Å²) >= 11 is 0. The fourth-order valence-electron chi connectivity index (χ4n) is 1.90. The van der Waals surface area contributed by atoms with E-state index < -0.39 is 0 Å². The van der Waals surface area contributed by atoms with E-state index in [-0.39, 0.29) is 0 Å². The summed E-state index contributed by atoms with van der Waals surface area (Å²) in [5, 5.41) is 0. The topological polar surface area (TPSA) is 0 Å². The monoisotopic (exact) mass is 215 g/mol. The summed E-state index contributed by atoms with van der Waals surface area (Å²) in [5.41, 5.74) is 2.53. The number of hydrogen-bond acceptors (Lipinski definition) is 0. The molecule has 1 aromatic rings. The Hall–Kier alpha value is -1.04. The predicted octanol–water partition coefficient (Wildman–Crippen LogP) is 5.03. The smallest absolute Gasteiger partial charge is 0.0149 e. The van der Waals surface area contributed by atoms with Crippen molar-refractivity contribution in [1.29, 1.82) is 0 Å². The minimum atomic E-state index is 1.16. The Kier molecular flexibility index (Phi) is 6.64. The molecule has 1 aromatic carbocycles. The molecule has 1 rings (SSSR count). The van der Waals surface area contributed by atoms with Crippen molar-refractivity contribution >= 4 is 6.08 Å². The summed E-state index contributed by atoms with van der Waals surface area (Å²) in [4.78, 5) is 0. The zero-order valence-electron chi connectivity index (χ0n) is 10.5. The Bertz CT molecular complexity index is 299. The van der Waals surface area contributed by atoms with Crippen LogP contribution in [0.4, 0.5) is 0 Å². The molecule has 0 bridgehead atoms. The molecule has 87 valence electrons. The average molecular weight is 215 g/mol. The van der Waals surface area contributed by atoms with Gasteiger partial charge in [0.15, 0.2) is 0 Å². The Balaban J connectivity index is 2.18. The van der Waals surface area contributed by atoms with Gasteiger partial charge in [0.1, 0.15) is 0 Å². The molecule has 0 heteroatoms. The number of hydrogen-bond donors (Lipinski definition) is 0. The molecule has 0 aliphatic rings. The van der Waals surface area contributed by atoms with Crippen LogP contribution >= 0.6 is 0 Å². The molecule has 0 aromatic heterocycles. The van der Waals surface area contributed by atoms with E-state index in [1.165, 1.54) is 49.7 Å². The normalized spacial score (nSPS) is 10.3. The first-order chi connectivity index (χ1) is 7.86. The number of rotatable bonds is 8. The maximum absolute atomic E-state index is 3.79. The van der Waals surface area contributed by atoms with E-state index in [0.717, 1.165) is 6.42 Å². The van der Waals surface area contributed by atoms with Gasteiger partial charge in [-0.1, -0.05) is 69.9 Å². The van der Waals surface area contributed by atoms with Crippen molar-refractivity contribution < 1.29 is 0 Å². The highest BCUT2D eigenvalue weighted by molar-refractivity contribution is 5.47. The van der Waals surface area contributed by atoms with Crippen LogP contribution in [-0.2, 0) is 6.42 Å². The summed E-state index contributed by atoms with van der Waals surface area (Å²) in [6.07, 6.45) is 11.2. The maximum Gasteiger partial charge on any atom is -0.0149 e. The van der Waals surface area contributed by atoms with Gasteiger partial charge >= 0.3 is 0 Å². The van der Waals surface area contributed by atoms with Gasteiger partial charge in [-0.25, -0.2) is 0 Å². The van der Waals surface area contributed by atoms with Gasteiger partial charge in [-0.2, -0.15) is 0 Å². The van der Waals surface area contributed by atoms with E-state index in [1.54, 1.807) is 0 Å². The van der Waals surface area contributed by atoms with Crippen LogP contribution in [0.15, 0.2) is 24.8 Å². The molecule has 0 fully saturated rings. The van der Waals surface area contributed by atoms with Gasteiger partial charge < -0.3 is 0 Å². The van der Waals surface area contributed by atoms with Crippen molar-refractivity contribution in [3.63, 3.8) is 0 Å². The first kappa shape index (κ1) is 13.0. The average Bonchev–Trinajstić information content (AvgIpc) is 2.34. The minimum Gasteiger partial charge on any atom is -0.0985 e. The third-order valence-corrected chi connectivity index (χ3v) is 2.92. The fourth-order valence-corrected chi connectivity index (χ4v) is 1.90. The van der Waals surface area contributed by atoms with E-state index >= 15 is 0 Å². The zero-order valence-corrected chi connectivity index (χ0v) is 10.5. The van der Waals surface area contributed by atoms with E-state index in [2.05, 4.69) is 31.7 Å². The van der Waals surface area contributed by atoms with Crippen LogP contribution in [0.5, 0.6) is 0 Å². The highest BCUT2D eigenvalue weighted by atomic mass is 14.0. The van der Waals surface area contributed by atoms with Crippen molar-refractivity contribution in [2.75, 3.05) is 0 Å². The Morgan fingerprint density at radius 1 is 1.19 bits per heavy atom. The molecule has 0 saturated heterocycles. The van der Waals surface area contributed by atoms with Crippen LogP contribution in [0, 0.1) is 6.07 Å². The van der Waals surface area contributed by atoms with Gasteiger partial charge in [-0.3, -0.25) is 0 Å². The number of benzene rings is 1. The first-order valence-electron chi connectivity index (χ1n) is 6.50. The van der Waals surface area contributed by atoms with Crippen LogP contribution in [0.1, 0.15) is 56.6 Å². The van der Waals surface area contributed by atoms with Gasteiger partial charge in [0.05, 0.1) is 0 Å². The first-order valence-corrected chi connectivity index (χ1v) is 6.50. The van der Waals surface area contributed by atoms with Crippen LogP contribution in [-0.4, -0.2) is 0 Å². The molecule has 0 aliphatic heterocycles. The molecule has 16 heavy (non-hydrogen) atoms. The van der Waals surface area contributed by atoms with Crippen LogP contribution in [0.25, 0.3) is 6.08 Å². The molecule has 0 atom stereocenters. The maximum atomic E-state index is 3.79. The van der Waals surface area contributed by atoms with E-state index in [0.29, 0.717) is 0 Å². The molecule has 0 amide bonds. The molecule has 0 unspecified atom stereocenters. The lowest BCUT2D eigenvalue weighted by atomic mass is 10.0. The summed E-state index contributed by atoms with van der Waals surface area (Å²) in [6.45, 7) is 6.05. The van der Waals surface area contributed by atoms with Crippen LogP contribution in [0.3, 0.4) is 0 Å².